The fourth-order valence-electron chi connectivity index (χ4n) is 2.34. The van der Waals surface area contributed by atoms with Crippen molar-refractivity contribution >= 4 is 21.0 Å². The second-order valence-electron chi connectivity index (χ2n) is 4.99. The van der Waals surface area contributed by atoms with E-state index in [1.165, 1.54) is 0 Å². The number of halogens is 3. The molecule has 136 valence electrons. The first-order valence-corrected chi connectivity index (χ1v) is 7.08. The van der Waals surface area contributed by atoms with Crippen LogP contribution in [0.15, 0.2) is 59.3 Å². The number of pyridine rings is 1. The molecule has 0 spiro atoms. The Morgan fingerprint density at radius 3 is 2.41 bits per heavy atom. The summed E-state index contributed by atoms with van der Waals surface area (Å²) in [7, 11) is 1.64. The van der Waals surface area contributed by atoms with Gasteiger partial charge in [-0.05, 0) is 18.2 Å². The molecular formula is C18H12BeF3N3O2-2. The second-order valence-corrected chi connectivity index (χ2v) is 4.99. The molecule has 0 amide bonds. The molecular weight excluding hydrogens is 356 g/mol. The van der Waals surface area contributed by atoms with E-state index < -0.39 is 0 Å². The Bertz CT molecular complexity index is 984. The summed E-state index contributed by atoms with van der Waals surface area (Å²) in [6.45, 7) is 0. The normalized spacial score (nSPS) is 9.22. The Labute approximate surface area is 156 Å². The molecule has 0 aliphatic carbocycles. The van der Waals surface area contributed by atoms with Gasteiger partial charge in [0.1, 0.15) is 5.75 Å². The molecule has 0 radical (unpaired) electrons. The maximum absolute atomic E-state index is 5.36. The number of methoxy groups -OCH3 is 1. The van der Waals surface area contributed by atoms with E-state index in [9.17, 15) is 0 Å². The van der Waals surface area contributed by atoms with Gasteiger partial charge in [-0.2, -0.15) is 35.3 Å². The number of rotatable bonds is 3. The van der Waals surface area contributed by atoms with Crippen molar-refractivity contribution in [3.05, 3.63) is 60.8 Å². The van der Waals surface area contributed by atoms with Gasteiger partial charge in [0, 0.05) is 17.6 Å². The number of hydrogen-bond donors (Lipinski definition) is 0. The molecule has 4 rings (SSSR count). The van der Waals surface area contributed by atoms with Crippen LogP contribution in [0.1, 0.15) is 0 Å². The van der Waals surface area contributed by atoms with Crippen molar-refractivity contribution in [1.82, 2.24) is 15.1 Å². The average Bonchev–Trinajstić information content (AvgIpc) is 3.11. The van der Waals surface area contributed by atoms with Gasteiger partial charge in [-0.1, -0.05) is 10.7 Å². The summed E-state index contributed by atoms with van der Waals surface area (Å²) in [6.07, 6.45) is 1.72. The molecule has 2 heterocycles. The van der Waals surface area contributed by atoms with Crippen molar-refractivity contribution in [2.75, 3.05) is 7.11 Å². The largest absolute Gasteiger partial charge is 2.00 e. The topological polar surface area (TPSA) is 61.0 Å². The van der Waals surface area contributed by atoms with Gasteiger partial charge in [0.15, 0.2) is 5.82 Å². The Hall–Kier alpha value is -3.25. The van der Waals surface area contributed by atoms with Crippen molar-refractivity contribution in [3.63, 3.8) is 0 Å². The van der Waals surface area contributed by atoms with E-state index >= 15 is 0 Å². The molecule has 0 fully saturated rings. The minimum Gasteiger partial charge on any atom is -1.00 e. The van der Waals surface area contributed by atoms with Gasteiger partial charge in [0.05, 0.1) is 18.2 Å². The summed E-state index contributed by atoms with van der Waals surface area (Å²) < 4.78 is 10.6. The minimum absolute atomic E-state index is 0. The van der Waals surface area contributed by atoms with Crippen LogP contribution in [0.5, 0.6) is 5.75 Å². The minimum atomic E-state index is 0. The van der Waals surface area contributed by atoms with E-state index in [2.05, 4.69) is 21.2 Å². The first-order chi connectivity index (χ1) is 11.3. The maximum Gasteiger partial charge on any atom is 2.00 e. The van der Waals surface area contributed by atoms with E-state index in [1.54, 1.807) is 13.3 Å². The van der Waals surface area contributed by atoms with Crippen LogP contribution in [0.3, 0.4) is 0 Å². The smallest absolute Gasteiger partial charge is 1.00 e. The number of fused-ring (bicyclic) bond motifs is 1. The standard InChI is InChI=1S/C18H12N3O2.Be.3FH/c1-22-15-8-7-13-9-14(11-19-16(13)10-15)18-20-17(21-23-18)12-5-3-2-4-6-12;;;;/h3-11H,1H3;;3*1H/q-1;+2;;;/p-3. The summed E-state index contributed by atoms with van der Waals surface area (Å²) in [4.78, 5) is 8.87. The first kappa shape index (κ1) is 23.7. The summed E-state index contributed by atoms with van der Waals surface area (Å²) in [5, 5.41) is 5.01. The van der Waals surface area contributed by atoms with Crippen LogP contribution < -0.4 is 18.9 Å². The second kappa shape index (κ2) is 10.0. The molecule has 4 aromatic rings. The summed E-state index contributed by atoms with van der Waals surface area (Å²) in [6, 6.07) is 18.1. The zero-order valence-corrected chi connectivity index (χ0v) is 14.2. The van der Waals surface area contributed by atoms with E-state index in [0.717, 1.165) is 27.8 Å². The van der Waals surface area contributed by atoms with Crippen LogP contribution >= 0.6 is 0 Å². The fraction of sp³-hybridized carbons (Fsp3) is 0.0556. The summed E-state index contributed by atoms with van der Waals surface area (Å²) in [5.74, 6) is 1.76. The molecule has 9 heteroatoms. The third-order valence-corrected chi connectivity index (χ3v) is 3.54. The van der Waals surface area contributed by atoms with Gasteiger partial charge in [-0.25, -0.2) is 0 Å². The van der Waals surface area contributed by atoms with Gasteiger partial charge in [-0.15, -0.1) is 0 Å². The number of nitrogens with zero attached hydrogens (tertiary/aromatic N) is 3. The van der Waals surface area contributed by atoms with E-state index in [1.807, 2.05) is 48.5 Å². The fourth-order valence-corrected chi connectivity index (χ4v) is 2.34. The van der Waals surface area contributed by atoms with Gasteiger partial charge < -0.3 is 23.4 Å². The first-order valence-electron chi connectivity index (χ1n) is 7.08. The number of benzene rings is 2. The van der Waals surface area contributed by atoms with Crippen molar-refractivity contribution in [2.24, 2.45) is 0 Å². The molecule has 0 unspecified atom stereocenters. The average molecular weight is 368 g/mol. The van der Waals surface area contributed by atoms with Crippen molar-refractivity contribution in [3.8, 4) is 28.6 Å². The molecule has 0 bridgehead atoms. The van der Waals surface area contributed by atoms with Crippen molar-refractivity contribution in [2.45, 2.75) is 0 Å². The van der Waals surface area contributed by atoms with Crippen LogP contribution in [0.2, 0.25) is 0 Å². The van der Waals surface area contributed by atoms with Crippen LogP contribution in [-0.2, 0) is 0 Å². The Morgan fingerprint density at radius 1 is 0.963 bits per heavy atom. The predicted molar refractivity (Wildman–Crippen MR) is 91.6 cm³/mol. The molecule has 27 heavy (non-hydrogen) atoms. The van der Waals surface area contributed by atoms with Gasteiger partial charge in [-0.3, -0.25) is 4.98 Å². The molecule has 5 nitrogen and oxygen atoms in total. The molecule has 0 saturated carbocycles. The van der Waals surface area contributed by atoms with E-state index in [4.69, 9.17) is 9.26 Å². The molecule has 2 aromatic carbocycles. The van der Waals surface area contributed by atoms with Crippen LogP contribution in [0.4, 0.5) is 0 Å². The van der Waals surface area contributed by atoms with E-state index in [-0.39, 0.29) is 24.2 Å². The Morgan fingerprint density at radius 2 is 1.70 bits per heavy atom. The van der Waals surface area contributed by atoms with Gasteiger partial charge in [0.25, 0.3) is 5.89 Å². The molecule has 2 aromatic heterocycles. The molecule has 0 saturated heterocycles. The van der Waals surface area contributed by atoms with Crippen LogP contribution in [0, 0.1) is 6.07 Å². The van der Waals surface area contributed by atoms with Crippen LogP contribution in [0.25, 0.3) is 33.7 Å². The van der Waals surface area contributed by atoms with Crippen molar-refractivity contribution in [1.29, 1.82) is 0 Å². The van der Waals surface area contributed by atoms with Gasteiger partial charge >= 0.3 is 10.1 Å². The molecule has 0 aliphatic heterocycles. The Balaban J connectivity index is 0.00000169. The van der Waals surface area contributed by atoms with Crippen LogP contribution in [-0.4, -0.2) is 32.4 Å². The van der Waals surface area contributed by atoms with Gasteiger partial charge in [0.2, 0.25) is 0 Å². The Kier molecular flexibility index (Phi) is 8.83. The zero-order valence-electron chi connectivity index (χ0n) is 14.2. The molecule has 0 atom stereocenters. The number of hydrogen-bond acceptors (Lipinski definition) is 5. The van der Waals surface area contributed by atoms with Crippen molar-refractivity contribution < 1.29 is 23.4 Å². The molecule has 0 aliphatic rings. The third-order valence-electron chi connectivity index (χ3n) is 3.54. The summed E-state index contributed by atoms with van der Waals surface area (Å²) >= 11 is 0. The monoisotopic (exact) mass is 368 g/mol. The molecule has 0 N–H and O–H groups in total. The quantitative estimate of drug-likeness (QED) is 0.267. The predicted octanol–water partition coefficient (Wildman–Crippen LogP) is -5.61. The third kappa shape index (κ3) is 4.68. The number of ether oxygens (including phenoxy) is 1. The van der Waals surface area contributed by atoms with E-state index in [0.29, 0.717) is 11.7 Å². The number of aromatic nitrogens is 3. The maximum atomic E-state index is 5.36. The SMILES string of the molecule is COc1ccc2cc(-c3nc(-c4cc[c-]cc4)no3)cnc2c1.[Be+2].[F-].[F-].[F-]. The zero-order chi connectivity index (χ0) is 15.6. The summed E-state index contributed by atoms with van der Waals surface area (Å²) in [5.41, 5.74) is 2.52.